The van der Waals surface area contributed by atoms with E-state index >= 15 is 0 Å². The molecule has 29 heavy (non-hydrogen) atoms. The van der Waals surface area contributed by atoms with Gasteiger partial charge in [0.2, 0.25) is 0 Å². The molecule has 1 saturated heterocycles. The molecule has 0 bridgehead atoms. The van der Waals surface area contributed by atoms with E-state index in [0.29, 0.717) is 10.6 Å². The molecule has 3 rings (SSSR count). The maximum Gasteiger partial charge on any atom is 0.335 e. The SMILES string of the molecule is COc1ccc(/C=C2/C(=O)NC(=O)N(c3cccc(Cl)c3C)C2=O)cc1C(=O)[O-]. The van der Waals surface area contributed by atoms with E-state index in [0.717, 1.165) is 4.90 Å². The number of aromatic carboxylic acids is 1. The van der Waals surface area contributed by atoms with Crippen molar-refractivity contribution in [1.29, 1.82) is 0 Å². The van der Waals surface area contributed by atoms with Crippen LogP contribution in [0.2, 0.25) is 5.02 Å². The zero-order valence-corrected chi connectivity index (χ0v) is 16.1. The van der Waals surface area contributed by atoms with Crippen molar-refractivity contribution in [2.24, 2.45) is 0 Å². The molecule has 1 aliphatic heterocycles. The first-order valence-corrected chi connectivity index (χ1v) is 8.68. The molecular formula is C20H14ClN2O6-. The Balaban J connectivity index is 2.07. The average Bonchev–Trinajstić information content (AvgIpc) is 2.68. The summed E-state index contributed by atoms with van der Waals surface area (Å²) in [5.41, 5.74) is 0.349. The molecule has 4 amide bonds. The fourth-order valence-corrected chi connectivity index (χ4v) is 3.03. The molecule has 1 aliphatic rings. The summed E-state index contributed by atoms with van der Waals surface area (Å²) in [6.45, 7) is 1.63. The number of barbiturate groups is 1. The highest BCUT2D eigenvalue weighted by Crippen LogP contribution is 2.30. The summed E-state index contributed by atoms with van der Waals surface area (Å²) in [6, 6.07) is 7.82. The molecule has 2 aromatic carbocycles. The van der Waals surface area contributed by atoms with Gasteiger partial charge in [-0.05, 0) is 48.4 Å². The number of methoxy groups -OCH3 is 1. The van der Waals surface area contributed by atoms with Crippen LogP contribution in [0.15, 0.2) is 42.0 Å². The molecule has 0 aromatic heterocycles. The number of hydrogen-bond donors (Lipinski definition) is 1. The Morgan fingerprint density at radius 3 is 2.59 bits per heavy atom. The molecule has 0 saturated carbocycles. The van der Waals surface area contributed by atoms with Crippen LogP contribution in [0.3, 0.4) is 0 Å². The van der Waals surface area contributed by atoms with Crippen LogP contribution in [-0.4, -0.2) is 30.9 Å². The number of carboxylic acids is 1. The van der Waals surface area contributed by atoms with Crippen molar-refractivity contribution in [2.45, 2.75) is 6.92 Å². The third kappa shape index (κ3) is 3.70. The van der Waals surface area contributed by atoms with Crippen LogP contribution >= 0.6 is 11.6 Å². The highest BCUT2D eigenvalue weighted by Gasteiger charge is 2.37. The largest absolute Gasteiger partial charge is 0.545 e. The number of halogens is 1. The zero-order valence-electron chi connectivity index (χ0n) is 15.3. The minimum Gasteiger partial charge on any atom is -0.545 e. The van der Waals surface area contributed by atoms with Gasteiger partial charge in [-0.3, -0.25) is 14.9 Å². The van der Waals surface area contributed by atoms with Gasteiger partial charge in [0.15, 0.2) is 0 Å². The summed E-state index contributed by atoms with van der Waals surface area (Å²) < 4.78 is 4.95. The second-order valence-corrected chi connectivity index (χ2v) is 6.50. The summed E-state index contributed by atoms with van der Waals surface area (Å²) in [7, 11) is 1.30. The number of nitrogens with zero attached hydrogens (tertiary/aromatic N) is 1. The second kappa shape index (κ2) is 7.76. The number of imide groups is 2. The Bertz CT molecular complexity index is 1090. The van der Waals surface area contributed by atoms with E-state index < -0.39 is 23.8 Å². The van der Waals surface area contributed by atoms with E-state index in [-0.39, 0.29) is 28.1 Å². The lowest BCUT2D eigenvalue weighted by atomic mass is 10.0. The van der Waals surface area contributed by atoms with Gasteiger partial charge in [-0.15, -0.1) is 0 Å². The predicted octanol–water partition coefficient (Wildman–Crippen LogP) is 1.69. The number of carboxylic acid groups (broad SMARTS) is 1. The van der Waals surface area contributed by atoms with Crippen molar-refractivity contribution in [3.63, 3.8) is 0 Å². The molecule has 1 heterocycles. The van der Waals surface area contributed by atoms with Crippen LogP contribution in [0.25, 0.3) is 6.08 Å². The quantitative estimate of drug-likeness (QED) is 0.602. The number of anilines is 1. The van der Waals surface area contributed by atoms with Gasteiger partial charge < -0.3 is 14.6 Å². The molecular weight excluding hydrogens is 400 g/mol. The summed E-state index contributed by atoms with van der Waals surface area (Å²) in [5, 5.41) is 13.7. The van der Waals surface area contributed by atoms with Crippen molar-refractivity contribution >= 4 is 47.2 Å². The maximum absolute atomic E-state index is 12.9. The Morgan fingerprint density at radius 1 is 1.21 bits per heavy atom. The van der Waals surface area contributed by atoms with E-state index in [1.807, 2.05) is 0 Å². The number of urea groups is 1. The fourth-order valence-electron chi connectivity index (χ4n) is 2.86. The Hall–Kier alpha value is -3.65. The van der Waals surface area contributed by atoms with E-state index in [9.17, 15) is 24.3 Å². The van der Waals surface area contributed by atoms with Crippen LogP contribution < -0.4 is 20.1 Å². The van der Waals surface area contributed by atoms with Crippen molar-refractivity contribution in [3.8, 4) is 5.75 Å². The molecule has 1 fully saturated rings. The third-order valence-electron chi connectivity index (χ3n) is 4.34. The van der Waals surface area contributed by atoms with Crippen LogP contribution in [0.4, 0.5) is 10.5 Å². The fraction of sp³-hybridized carbons (Fsp3) is 0.100. The molecule has 1 N–H and O–H groups in total. The summed E-state index contributed by atoms with van der Waals surface area (Å²) in [6.07, 6.45) is 1.18. The highest BCUT2D eigenvalue weighted by molar-refractivity contribution is 6.40. The van der Waals surface area contributed by atoms with Gasteiger partial charge in [0, 0.05) is 10.6 Å². The summed E-state index contributed by atoms with van der Waals surface area (Å²) >= 11 is 6.07. The second-order valence-electron chi connectivity index (χ2n) is 6.09. The van der Waals surface area contributed by atoms with Gasteiger partial charge in [-0.2, -0.15) is 0 Å². The van der Waals surface area contributed by atoms with Crippen LogP contribution in [-0.2, 0) is 9.59 Å². The molecule has 0 atom stereocenters. The van der Waals surface area contributed by atoms with Crippen molar-refractivity contribution < 1.29 is 29.0 Å². The molecule has 0 aliphatic carbocycles. The first kappa shape index (κ1) is 20.1. The van der Waals surface area contributed by atoms with Gasteiger partial charge in [-0.25, -0.2) is 9.69 Å². The molecule has 148 valence electrons. The van der Waals surface area contributed by atoms with E-state index in [1.54, 1.807) is 19.1 Å². The first-order chi connectivity index (χ1) is 13.7. The van der Waals surface area contributed by atoms with E-state index in [4.69, 9.17) is 16.3 Å². The van der Waals surface area contributed by atoms with Gasteiger partial charge >= 0.3 is 6.03 Å². The number of carbonyl (C=O) groups is 4. The molecule has 2 aromatic rings. The van der Waals surface area contributed by atoms with Gasteiger partial charge in [0.25, 0.3) is 11.8 Å². The lowest BCUT2D eigenvalue weighted by Gasteiger charge is -2.27. The Kier molecular flexibility index (Phi) is 5.38. The topological polar surface area (TPSA) is 116 Å². The molecule has 0 spiro atoms. The Labute approximate surface area is 170 Å². The number of rotatable bonds is 4. The highest BCUT2D eigenvalue weighted by atomic mass is 35.5. The van der Waals surface area contributed by atoms with Gasteiger partial charge in [0.05, 0.1) is 18.8 Å². The number of ether oxygens (including phenoxy) is 1. The summed E-state index contributed by atoms with van der Waals surface area (Å²) in [5.74, 6) is -3.18. The maximum atomic E-state index is 12.9. The van der Waals surface area contributed by atoms with Crippen molar-refractivity contribution in [1.82, 2.24) is 5.32 Å². The van der Waals surface area contributed by atoms with Crippen molar-refractivity contribution in [3.05, 3.63) is 63.7 Å². The number of amides is 4. The number of benzene rings is 2. The van der Waals surface area contributed by atoms with Crippen LogP contribution in [0.5, 0.6) is 5.75 Å². The van der Waals surface area contributed by atoms with E-state index in [2.05, 4.69) is 5.32 Å². The van der Waals surface area contributed by atoms with E-state index in [1.165, 1.54) is 37.5 Å². The smallest absolute Gasteiger partial charge is 0.335 e. The number of hydrogen-bond acceptors (Lipinski definition) is 6. The van der Waals surface area contributed by atoms with Crippen LogP contribution in [0.1, 0.15) is 21.5 Å². The monoisotopic (exact) mass is 413 g/mol. The average molecular weight is 414 g/mol. The van der Waals surface area contributed by atoms with Gasteiger partial charge in [0.1, 0.15) is 11.3 Å². The lowest BCUT2D eigenvalue weighted by Crippen LogP contribution is -2.54. The van der Waals surface area contributed by atoms with Crippen LogP contribution in [0, 0.1) is 6.92 Å². The number of carbonyl (C=O) groups excluding carboxylic acids is 4. The molecule has 9 heteroatoms. The first-order valence-electron chi connectivity index (χ1n) is 8.30. The zero-order chi connectivity index (χ0) is 21.3. The minimum absolute atomic E-state index is 0.0675. The lowest BCUT2D eigenvalue weighted by molar-refractivity contribution is -0.255. The standard InChI is InChI=1S/C20H15ClN2O6/c1-10-14(21)4-3-5-15(10)23-18(25)13(17(24)22-20(23)28)9-11-6-7-16(29-2)12(8-11)19(26)27/h3-9H,1-2H3,(H,26,27)(H,22,24,28)/p-1/b13-9-. The Morgan fingerprint density at radius 2 is 1.93 bits per heavy atom. The molecule has 8 nitrogen and oxygen atoms in total. The molecule has 0 radical (unpaired) electrons. The minimum atomic E-state index is -1.48. The number of nitrogens with one attached hydrogen (secondary N) is 1. The third-order valence-corrected chi connectivity index (χ3v) is 4.75. The predicted molar refractivity (Wildman–Crippen MR) is 103 cm³/mol. The van der Waals surface area contributed by atoms with Gasteiger partial charge in [-0.1, -0.05) is 23.7 Å². The van der Waals surface area contributed by atoms with Crippen molar-refractivity contribution in [2.75, 3.05) is 12.0 Å². The summed E-state index contributed by atoms with van der Waals surface area (Å²) in [4.78, 5) is 49.6. The normalized spacial score (nSPS) is 15.5. The molecule has 0 unspecified atom stereocenters.